The molecule has 0 aromatic heterocycles. The van der Waals surface area contributed by atoms with Crippen molar-refractivity contribution >= 4 is 17.3 Å². The molecule has 6 heteroatoms. The zero-order valence-corrected chi connectivity index (χ0v) is 16.5. The number of benzene rings is 2. The lowest BCUT2D eigenvalue weighted by Crippen LogP contribution is -2.36. The highest BCUT2D eigenvalue weighted by Crippen LogP contribution is 2.24. The lowest BCUT2D eigenvalue weighted by atomic mass is 10.0. The monoisotopic (exact) mass is 384 g/mol. The van der Waals surface area contributed by atoms with Crippen LogP contribution in [0.1, 0.15) is 43.7 Å². The van der Waals surface area contributed by atoms with E-state index in [4.69, 9.17) is 5.73 Å². The van der Waals surface area contributed by atoms with Crippen LogP contribution in [0.2, 0.25) is 0 Å². The molecule has 3 rings (SSSR count). The SMILES string of the molecule is CC(C)c1cccc(NC(N)=NCc2ccc(N3CCC(O)CC3)c(F)c2)c1. The molecule has 0 spiro atoms. The van der Waals surface area contributed by atoms with Crippen molar-refractivity contribution in [1.82, 2.24) is 0 Å². The number of piperidine rings is 1. The molecule has 0 aliphatic carbocycles. The summed E-state index contributed by atoms with van der Waals surface area (Å²) in [6, 6.07) is 13.2. The van der Waals surface area contributed by atoms with Crippen molar-refractivity contribution in [3.05, 3.63) is 59.4 Å². The van der Waals surface area contributed by atoms with E-state index in [1.54, 1.807) is 6.07 Å². The largest absolute Gasteiger partial charge is 0.393 e. The van der Waals surface area contributed by atoms with Crippen molar-refractivity contribution in [3.63, 3.8) is 0 Å². The number of nitrogens with one attached hydrogen (secondary N) is 1. The topological polar surface area (TPSA) is 73.9 Å². The highest BCUT2D eigenvalue weighted by molar-refractivity contribution is 5.92. The van der Waals surface area contributed by atoms with Crippen molar-refractivity contribution in [1.29, 1.82) is 0 Å². The van der Waals surface area contributed by atoms with Gasteiger partial charge in [-0.15, -0.1) is 0 Å². The Kier molecular flexibility index (Phi) is 6.52. The van der Waals surface area contributed by atoms with Gasteiger partial charge in [-0.05, 0) is 54.2 Å². The summed E-state index contributed by atoms with van der Waals surface area (Å²) >= 11 is 0. The maximum atomic E-state index is 14.5. The molecule has 1 heterocycles. The van der Waals surface area contributed by atoms with E-state index in [1.807, 2.05) is 23.1 Å². The van der Waals surface area contributed by atoms with Crippen molar-refractivity contribution in [3.8, 4) is 0 Å². The fourth-order valence-electron chi connectivity index (χ4n) is 3.35. The Bertz CT molecular complexity index is 829. The maximum Gasteiger partial charge on any atom is 0.193 e. The number of nitrogens with zero attached hydrogens (tertiary/aromatic N) is 2. The molecule has 0 unspecified atom stereocenters. The molecule has 0 radical (unpaired) electrons. The summed E-state index contributed by atoms with van der Waals surface area (Å²) < 4.78 is 14.5. The average Bonchev–Trinajstić information content (AvgIpc) is 2.67. The van der Waals surface area contributed by atoms with E-state index in [0.29, 0.717) is 50.0 Å². The second kappa shape index (κ2) is 9.06. The Morgan fingerprint density at radius 1 is 1.25 bits per heavy atom. The molecule has 28 heavy (non-hydrogen) atoms. The predicted octanol–water partition coefficient (Wildman–Crippen LogP) is 3.84. The van der Waals surface area contributed by atoms with Gasteiger partial charge >= 0.3 is 0 Å². The van der Waals surface area contributed by atoms with Crippen molar-refractivity contribution in [2.45, 2.75) is 45.3 Å². The van der Waals surface area contributed by atoms with Gasteiger partial charge in [-0.1, -0.05) is 32.0 Å². The molecule has 0 atom stereocenters. The highest BCUT2D eigenvalue weighted by Gasteiger charge is 2.19. The molecule has 5 nitrogen and oxygen atoms in total. The Labute approximate surface area is 166 Å². The zero-order valence-electron chi connectivity index (χ0n) is 16.5. The summed E-state index contributed by atoms with van der Waals surface area (Å²) in [7, 11) is 0. The van der Waals surface area contributed by atoms with Gasteiger partial charge in [0.2, 0.25) is 0 Å². The smallest absolute Gasteiger partial charge is 0.193 e. The Hall–Kier alpha value is -2.60. The van der Waals surface area contributed by atoms with Gasteiger partial charge in [-0.3, -0.25) is 0 Å². The third-order valence-corrected chi connectivity index (χ3v) is 5.07. The summed E-state index contributed by atoms with van der Waals surface area (Å²) in [5.74, 6) is 0.472. The minimum atomic E-state index is -0.273. The number of rotatable bonds is 5. The Morgan fingerprint density at radius 2 is 2.00 bits per heavy atom. The van der Waals surface area contributed by atoms with Crippen LogP contribution < -0.4 is 16.0 Å². The van der Waals surface area contributed by atoms with Crippen LogP contribution in [-0.4, -0.2) is 30.3 Å². The van der Waals surface area contributed by atoms with Crippen molar-refractivity contribution in [2.24, 2.45) is 10.7 Å². The van der Waals surface area contributed by atoms with Gasteiger partial charge in [0.05, 0.1) is 18.3 Å². The molecule has 0 bridgehead atoms. The molecular weight excluding hydrogens is 355 g/mol. The summed E-state index contributed by atoms with van der Waals surface area (Å²) in [6.07, 6.45) is 1.07. The Balaban J connectivity index is 1.62. The summed E-state index contributed by atoms with van der Waals surface area (Å²) in [5.41, 5.74) is 9.45. The average molecular weight is 384 g/mol. The molecule has 2 aromatic rings. The lowest BCUT2D eigenvalue weighted by Gasteiger charge is -2.31. The molecule has 4 N–H and O–H groups in total. The van der Waals surface area contributed by atoms with Gasteiger partial charge in [-0.25, -0.2) is 9.38 Å². The van der Waals surface area contributed by atoms with Crippen LogP contribution in [0, 0.1) is 5.82 Å². The van der Waals surface area contributed by atoms with Crippen LogP contribution in [0.15, 0.2) is 47.5 Å². The van der Waals surface area contributed by atoms with Crippen LogP contribution >= 0.6 is 0 Å². The summed E-state index contributed by atoms with van der Waals surface area (Å²) in [4.78, 5) is 6.31. The van der Waals surface area contributed by atoms with E-state index in [2.05, 4.69) is 36.3 Å². The quantitative estimate of drug-likeness (QED) is 0.541. The molecule has 0 amide bonds. The van der Waals surface area contributed by atoms with E-state index >= 15 is 0 Å². The first-order valence-corrected chi connectivity index (χ1v) is 9.80. The molecule has 1 saturated heterocycles. The van der Waals surface area contributed by atoms with Crippen LogP contribution in [0.4, 0.5) is 15.8 Å². The van der Waals surface area contributed by atoms with Crippen molar-refractivity contribution < 1.29 is 9.50 Å². The van der Waals surface area contributed by atoms with Gasteiger partial charge in [0.15, 0.2) is 5.96 Å². The van der Waals surface area contributed by atoms with E-state index in [-0.39, 0.29) is 11.9 Å². The van der Waals surface area contributed by atoms with Crippen molar-refractivity contribution in [2.75, 3.05) is 23.3 Å². The number of hydrogen-bond donors (Lipinski definition) is 3. The lowest BCUT2D eigenvalue weighted by molar-refractivity contribution is 0.145. The van der Waals surface area contributed by atoms with Crippen LogP contribution in [0.25, 0.3) is 0 Å². The number of nitrogens with two attached hydrogens (primary N) is 1. The molecule has 1 fully saturated rings. The second-order valence-electron chi connectivity index (χ2n) is 7.61. The van der Waals surface area contributed by atoms with Crippen LogP contribution in [0.3, 0.4) is 0 Å². The van der Waals surface area contributed by atoms with Gasteiger partial charge in [0, 0.05) is 18.8 Å². The third-order valence-electron chi connectivity index (χ3n) is 5.07. The number of aliphatic hydroxyl groups excluding tert-OH is 1. The third kappa shape index (κ3) is 5.23. The minimum Gasteiger partial charge on any atom is -0.393 e. The number of anilines is 2. The molecular formula is C22H29FN4O. The molecule has 0 saturated carbocycles. The Morgan fingerprint density at radius 3 is 2.68 bits per heavy atom. The fourth-order valence-corrected chi connectivity index (χ4v) is 3.35. The number of aliphatic hydroxyl groups is 1. The predicted molar refractivity (Wildman–Crippen MR) is 113 cm³/mol. The van der Waals surface area contributed by atoms with Crippen LogP contribution in [-0.2, 0) is 6.54 Å². The maximum absolute atomic E-state index is 14.5. The van der Waals surface area contributed by atoms with E-state index in [9.17, 15) is 9.50 Å². The van der Waals surface area contributed by atoms with Gasteiger partial charge in [-0.2, -0.15) is 0 Å². The fraction of sp³-hybridized carbons (Fsp3) is 0.409. The molecule has 1 aliphatic heterocycles. The summed E-state index contributed by atoms with van der Waals surface area (Å²) in [5, 5.41) is 12.7. The molecule has 2 aromatic carbocycles. The number of aliphatic imine (C=N–C) groups is 1. The summed E-state index contributed by atoms with van der Waals surface area (Å²) in [6.45, 7) is 5.92. The number of hydrogen-bond acceptors (Lipinski definition) is 3. The number of halogens is 1. The minimum absolute atomic E-state index is 0.264. The first kappa shape index (κ1) is 20.1. The van der Waals surface area contributed by atoms with E-state index < -0.39 is 0 Å². The van der Waals surface area contributed by atoms with Gasteiger partial charge < -0.3 is 21.1 Å². The van der Waals surface area contributed by atoms with Gasteiger partial charge in [0.1, 0.15) is 5.82 Å². The molecule has 1 aliphatic rings. The van der Waals surface area contributed by atoms with E-state index in [1.165, 1.54) is 11.6 Å². The zero-order chi connectivity index (χ0) is 20.1. The second-order valence-corrected chi connectivity index (χ2v) is 7.61. The first-order valence-electron chi connectivity index (χ1n) is 9.80. The van der Waals surface area contributed by atoms with Crippen LogP contribution in [0.5, 0.6) is 0 Å². The van der Waals surface area contributed by atoms with Gasteiger partial charge in [0.25, 0.3) is 0 Å². The van der Waals surface area contributed by atoms with E-state index in [0.717, 1.165) is 11.3 Å². The highest BCUT2D eigenvalue weighted by atomic mass is 19.1. The molecule has 150 valence electrons. The normalized spacial score (nSPS) is 15.9. The standard InChI is InChI=1S/C22H29FN4O/c1-15(2)17-4-3-5-18(13-17)26-22(24)25-14-16-6-7-21(20(23)12-16)27-10-8-19(28)9-11-27/h3-7,12-13,15,19,28H,8-11,14H2,1-2H3,(H3,24,25,26). The number of guanidine groups is 1. The first-order chi connectivity index (χ1) is 13.4.